The number of benzene rings is 1. The van der Waals surface area contributed by atoms with Gasteiger partial charge in [0, 0.05) is 19.1 Å². The Bertz CT molecular complexity index is 545. The molecule has 1 amide bonds. The Morgan fingerprint density at radius 2 is 2.04 bits per heavy atom. The first-order valence-electron chi connectivity index (χ1n) is 7.76. The molecule has 0 aliphatic carbocycles. The molecule has 0 atom stereocenters. The number of hydrogen-bond acceptors (Lipinski definition) is 4. The number of ether oxygens (including phenoxy) is 2. The molecule has 1 saturated heterocycles. The average Bonchev–Trinajstić information content (AvgIpc) is 2.56. The second-order valence-electron chi connectivity index (χ2n) is 5.26. The van der Waals surface area contributed by atoms with E-state index in [-0.39, 0.29) is 12.1 Å². The van der Waals surface area contributed by atoms with Gasteiger partial charge in [0.05, 0.1) is 19.4 Å². The molecular weight excluding hydrogens is 314 g/mol. The number of hydrogen-bond donors (Lipinski definition) is 2. The van der Waals surface area contributed by atoms with Crippen LogP contribution in [-0.4, -0.2) is 49.0 Å². The van der Waals surface area contributed by atoms with E-state index in [1.807, 2.05) is 31.2 Å². The zero-order chi connectivity index (χ0) is 16.7. The van der Waals surface area contributed by atoms with Crippen LogP contribution in [0, 0.1) is 0 Å². The SMILES string of the molecule is CCOC(=O)N1CCC(NC(=S)Nc2ccccc2OC)CC1. The maximum absolute atomic E-state index is 11.7. The van der Waals surface area contributed by atoms with Gasteiger partial charge < -0.3 is 25.0 Å². The smallest absolute Gasteiger partial charge is 0.409 e. The minimum absolute atomic E-state index is 0.235. The van der Waals surface area contributed by atoms with Crippen LogP contribution in [0.2, 0.25) is 0 Å². The molecule has 0 bridgehead atoms. The van der Waals surface area contributed by atoms with Crippen molar-refractivity contribution in [3.05, 3.63) is 24.3 Å². The quantitative estimate of drug-likeness (QED) is 0.824. The fraction of sp³-hybridized carbons (Fsp3) is 0.500. The zero-order valence-corrected chi connectivity index (χ0v) is 14.3. The van der Waals surface area contributed by atoms with E-state index in [1.54, 1.807) is 12.0 Å². The number of methoxy groups -OCH3 is 1. The van der Waals surface area contributed by atoms with E-state index in [9.17, 15) is 4.79 Å². The molecule has 1 fully saturated rings. The van der Waals surface area contributed by atoms with Gasteiger partial charge in [-0.1, -0.05) is 12.1 Å². The first kappa shape index (κ1) is 17.3. The predicted molar refractivity (Wildman–Crippen MR) is 94.0 cm³/mol. The van der Waals surface area contributed by atoms with Crippen LogP contribution in [0.25, 0.3) is 0 Å². The number of nitrogens with one attached hydrogen (secondary N) is 2. The Hall–Kier alpha value is -2.02. The molecule has 6 nitrogen and oxygen atoms in total. The lowest BCUT2D eigenvalue weighted by Crippen LogP contribution is -2.47. The lowest BCUT2D eigenvalue weighted by Gasteiger charge is -2.32. The maximum atomic E-state index is 11.7. The van der Waals surface area contributed by atoms with Crippen LogP contribution in [0.5, 0.6) is 5.75 Å². The summed E-state index contributed by atoms with van der Waals surface area (Å²) >= 11 is 5.36. The van der Waals surface area contributed by atoms with E-state index in [0.717, 1.165) is 24.3 Å². The Labute approximate surface area is 142 Å². The van der Waals surface area contributed by atoms with Crippen molar-refractivity contribution in [1.82, 2.24) is 10.2 Å². The Morgan fingerprint density at radius 1 is 1.35 bits per heavy atom. The minimum Gasteiger partial charge on any atom is -0.495 e. The lowest BCUT2D eigenvalue weighted by atomic mass is 10.1. The predicted octanol–water partition coefficient (Wildman–Crippen LogP) is 2.60. The summed E-state index contributed by atoms with van der Waals surface area (Å²) in [6, 6.07) is 7.87. The largest absolute Gasteiger partial charge is 0.495 e. The van der Waals surface area contributed by atoms with E-state index in [1.165, 1.54) is 0 Å². The van der Waals surface area contributed by atoms with Crippen LogP contribution in [0.3, 0.4) is 0 Å². The molecule has 2 N–H and O–H groups in total. The van der Waals surface area contributed by atoms with Crippen LogP contribution in [0.15, 0.2) is 24.3 Å². The molecule has 0 unspecified atom stereocenters. The van der Waals surface area contributed by atoms with Gasteiger partial charge in [0.2, 0.25) is 0 Å². The summed E-state index contributed by atoms with van der Waals surface area (Å²) in [4.78, 5) is 13.4. The maximum Gasteiger partial charge on any atom is 0.409 e. The van der Waals surface area contributed by atoms with Crippen molar-refractivity contribution in [3.8, 4) is 5.75 Å². The van der Waals surface area contributed by atoms with E-state index in [4.69, 9.17) is 21.7 Å². The van der Waals surface area contributed by atoms with Gasteiger partial charge in [0.15, 0.2) is 5.11 Å². The van der Waals surface area contributed by atoms with Gasteiger partial charge in [-0.15, -0.1) is 0 Å². The molecule has 1 heterocycles. The van der Waals surface area contributed by atoms with Crippen molar-refractivity contribution < 1.29 is 14.3 Å². The van der Waals surface area contributed by atoms with Crippen molar-refractivity contribution in [2.45, 2.75) is 25.8 Å². The number of rotatable bonds is 4. The average molecular weight is 337 g/mol. The summed E-state index contributed by atoms with van der Waals surface area (Å²) in [5, 5.41) is 7.01. The van der Waals surface area contributed by atoms with Gasteiger partial charge in [0.25, 0.3) is 0 Å². The van der Waals surface area contributed by atoms with Crippen LogP contribution in [0.4, 0.5) is 10.5 Å². The Morgan fingerprint density at radius 3 is 2.70 bits per heavy atom. The summed E-state index contributed by atoms with van der Waals surface area (Å²) in [6.45, 7) is 3.57. The molecule has 1 aliphatic rings. The molecular formula is C16H23N3O3S. The summed E-state index contributed by atoms with van der Waals surface area (Å²) in [5.41, 5.74) is 0.830. The standard InChI is InChI=1S/C16H23N3O3S/c1-3-22-16(20)19-10-8-12(9-11-19)17-15(23)18-13-6-4-5-7-14(13)21-2/h4-7,12H,3,8-11H2,1-2H3,(H2,17,18,23). The molecule has 23 heavy (non-hydrogen) atoms. The number of anilines is 1. The van der Waals surface area contributed by atoms with E-state index >= 15 is 0 Å². The number of carbonyl (C=O) groups is 1. The molecule has 0 spiro atoms. The van der Waals surface area contributed by atoms with Gasteiger partial charge in [-0.2, -0.15) is 0 Å². The molecule has 7 heteroatoms. The molecule has 126 valence electrons. The highest BCUT2D eigenvalue weighted by Gasteiger charge is 2.23. The fourth-order valence-corrected chi connectivity index (χ4v) is 2.79. The van der Waals surface area contributed by atoms with Crippen LogP contribution in [0.1, 0.15) is 19.8 Å². The fourth-order valence-electron chi connectivity index (χ4n) is 2.51. The third kappa shape index (κ3) is 4.99. The number of carbonyl (C=O) groups excluding carboxylic acids is 1. The molecule has 0 radical (unpaired) electrons. The van der Waals surface area contributed by atoms with Crippen molar-refractivity contribution in [1.29, 1.82) is 0 Å². The van der Waals surface area contributed by atoms with E-state index < -0.39 is 0 Å². The van der Waals surface area contributed by atoms with Crippen LogP contribution < -0.4 is 15.4 Å². The topological polar surface area (TPSA) is 62.8 Å². The number of likely N-dealkylation sites (tertiary alicyclic amines) is 1. The third-order valence-corrected chi connectivity index (χ3v) is 3.93. The highest BCUT2D eigenvalue weighted by Crippen LogP contribution is 2.23. The van der Waals surface area contributed by atoms with Gasteiger partial charge in [-0.05, 0) is 44.1 Å². The summed E-state index contributed by atoms with van der Waals surface area (Å²) < 4.78 is 10.3. The first-order valence-corrected chi connectivity index (χ1v) is 8.17. The number of thiocarbonyl (C=S) groups is 1. The van der Waals surface area contributed by atoms with Crippen LogP contribution >= 0.6 is 12.2 Å². The second kappa shape index (κ2) is 8.57. The van der Waals surface area contributed by atoms with Crippen molar-refractivity contribution >= 4 is 29.1 Å². The highest BCUT2D eigenvalue weighted by atomic mass is 32.1. The molecule has 0 saturated carbocycles. The second-order valence-corrected chi connectivity index (χ2v) is 5.67. The number of amides is 1. The monoisotopic (exact) mass is 337 g/mol. The number of para-hydroxylation sites is 2. The summed E-state index contributed by atoms with van der Waals surface area (Å²) in [6.07, 6.45) is 1.44. The van der Waals surface area contributed by atoms with Crippen LogP contribution in [-0.2, 0) is 4.74 Å². The molecule has 1 aliphatic heterocycles. The van der Waals surface area contributed by atoms with Crippen molar-refractivity contribution in [2.75, 3.05) is 32.1 Å². The van der Waals surface area contributed by atoms with Gasteiger partial charge in [-0.25, -0.2) is 4.79 Å². The van der Waals surface area contributed by atoms with Gasteiger partial charge in [0.1, 0.15) is 5.75 Å². The van der Waals surface area contributed by atoms with Crippen molar-refractivity contribution in [2.24, 2.45) is 0 Å². The van der Waals surface area contributed by atoms with E-state index in [0.29, 0.717) is 24.8 Å². The normalized spacial score (nSPS) is 15.0. The first-order chi connectivity index (χ1) is 11.1. The van der Waals surface area contributed by atoms with Gasteiger partial charge >= 0.3 is 6.09 Å². The van der Waals surface area contributed by atoms with E-state index in [2.05, 4.69) is 10.6 Å². The zero-order valence-electron chi connectivity index (χ0n) is 13.5. The Balaban J connectivity index is 1.80. The molecule has 2 rings (SSSR count). The number of piperidine rings is 1. The van der Waals surface area contributed by atoms with Gasteiger partial charge in [-0.3, -0.25) is 0 Å². The number of nitrogens with zero attached hydrogens (tertiary/aromatic N) is 1. The summed E-state index contributed by atoms with van der Waals surface area (Å²) in [5.74, 6) is 0.744. The lowest BCUT2D eigenvalue weighted by molar-refractivity contribution is 0.0964. The Kier molecular flexibility index (Phi) is 6.46. The molecule has 0 aromatic heterocycles. The molecule has 1 aromatic rings. The molecule has 1 aromatic carbocycles. The highest BCUT2D eigenvalue weighted by molar-refractivity contribution is 7.80. The summed E-state index contributed by atoms with van der Waals surface area (Å²) in [7, 11) is 1.63. The third-order valence-electron chi connectivity index (χ3n) is 3.71. The minimum atomic E-state index is -0.235. The van der Waals surface area contributed by atoms with Crippen molar-refractivity contribution in [3.63, 3.8) is 0 Å².